The third kappa shape index (κ3) is 4.70. The van der Waals surface area contributed by atoms with Crippen LogP contribution >= 0.6 is 12.4 Å². The van der Waals surface area contributed by atoms with E-state index in [0.717, 1.165) is 0 Å². The number of aliphatic hydroxyl groups is 1. The molecule has 1 atom stereocenters. The summed E-state index contributed by atoms with van der Waals surface area (Å²) in [6, 6.07) is 0. The number of nitrogens with two attached hydrogens (primary N) is 1. The summed E-state index contributed by atoms with van der Waals surface area (Å²) < 4.78 is 0. The maximum absolute atomic E-state index is 9.07. The number of hydrogen-bond acceptors (Lipinski definition) is 2. The van der Waals surface area contributed by atoms with Crippen LogP contribution in [0.2, 0.25) is 0 Å². The Kier molecular flexibility index (Phi) is 5.43. The average molecular weight is 154 g/mol. The second kappa shape index (κ2) is 4.09. The van der Waals surface area contributed by atoms with Crippen LogP contribution in [0.1, 0.15) is 20.8 Å². The fourth-order valence-electron chi connectivity index (χ4n) is 0.354. The van der Waals surface area contributed by atoms with Gasteiger partial charge in [0.2, 0.25) is 0 Å². The van der Waals surface area contributed by atoms with E-state index in [2.05, 4.69) is 0 Å². The number of hydrogen-bond donors (Lipinski definition) is 2. The van der Waals surface area contributed by atoms with Crippen molar-refractivity contribution in [3.05, 3.63) is 0 Å². The van der Waals surface area contributed by atoms with Gasteiger partial charge in [-0.3, -0.25) is 0 Å². The Balaban J connectivity index is 0. The van der Waals surface area contributed by atoms with Crippen LogP contribution < -0.4 is 5.73 Å². The lowest BCUT2D eigenvalue weighted by molar-refractivity contribution is 0.0709. The molecule has 3 N–H and O–H groups in total. The summed E-state index contributed by atoms with van der Waals surface area (Å²) >= 11 is 0. The molecule has 0 aromatic rings. The lowest BCUT2D eigenvalue weighted by atomic mass is 9.89. The molecule has 0 fully saturated rings. The zero-order valence-electron chi connectivity index (χ0n) is 6.22. The van der Waals surface area contributed by atoms with Crippen molar-refractivity contribution >= 4 is 12.4 Å². The van der Waals surface area contributed by atoms with E-state index in [4.69, 9.17) is 10.8 Å². The summed E-state index contributed by atoms with van der Waals surface area (Å²) in [6.07, 6.45) is -0.373. The molecule has 0 aliphatic rings. The quantitative estimate of drug-likeness (QED) is 0.585. The van der Waals surface area contributed by atoms with Crippen LogP contribution in [0, 0.1) is 5.41 Å². The van der Waals surface area contributed by atoms with Gasteiger partial charge in [0.1, 0.15) is 0 Å². The molecule has 0 aliphatic heterocycles. The summed E-state index contributed by atoms with van der Waals surface area (Å²) in [4.78, 5) is 0. The topological polar surface area (TPSA) is 46.2 Å². The zero-order valence-corrected chi connectivity index (χ0v) is 7.03. The molecule has 0 saturated carbocycles. The van der Waals surface area contributed by atoms with Crippen LogP contribution in [0.25, 0.3) is 0 Å². The molecule has 0 aromatic carbocycles. The van der Waals surface area contributed by atoms with Crippen molar-refractivity contribution in [2.45, 2.75) is 26.9 Å². The van der Waals surface area contributed by atoms with Gasteiger partial charge in [-0.15, -0.1) is 12.4 Å². The van der Waals surface area contributed by atoms with Crippen LogP contribution in [0.5, 0.6) is 0 Å². The van der Waals surface area contributed by atoms with Gasteiger partial charge in [0.15, 0.2) is 0 Å². The maximum atomic E-state index is 9.07. The first-order valence-corrected chi connectivity index (χ1v) is 2.86. The van der Waals surface area contributed by atoms with E-state index in [1.54, 1.807) is 0 Å². The van der Waals surface area contributed by atoms with E-state index in [0.29, 0.717) is 6.54 Å². The second-order valence-electron chi connectivity index (χ2n) is 3.12. The molecule has 0 unspecified atom stereocenters. The second-order valence-corrected chi connectivity index (χ2v) is 3.12. The third-order valence-corrected chi connectivity index (χ3v) is 1.22. The van der Waals surface area contributed by atoms with E-state index in [1.807, 2.05) is 20.8 Å². The highest BCUT2D eigenvalue weighted by Crippen LogP contribution is 2.17. The Morgan fingerprint density at radius 3 is 1.78 bits per heavy atom. The van der Waals surface area contributed by atoms with Gasteiger partial charge in [0.05, 0.1) is 6.10 Å². The molecule has 0 spiro atoms. The fraction of sp³-hybridized carbons (Fsp3) is 1.00. The third-order valence-electron chi connectivity index (χ3n) is 1.22. The molecular formula is C6H16ClNO. The van der Waals surface area contributed by atoms with Gasteiger partial charge in [-0.2, -0.15) is 0 Å². The summed E-state index contributed by atoms with van der Waals surface area (Å²) in [6.45, 7) is 6.24. The molecule has 0 amide bonds. The van der Waals surface area contributed by atoms with Crippen molar-refractivity contribution in [2.75, 3.05) is 6.54 Å². The monoisotopic (exact) mass is 153 g/mol. The van der Waals surface area contributed by atoms with E-state index >= 15 is 0 Å². The molecule has 0 radical (unpaired) electrons. The van der Waals surface area contributed by atoms with Crippen molar-refractivity contribution in [1.29, 1.82) is 0 Å². The van der Waals surface area contributed by atoms with Crippen molar-refractivity contribution in [2.24, 2.45) is 11.1 Å². The standard InChI is InChI=1S/C6H15NO.ClH/c1-6(2,3)5(8)4-7;/h5,8H,4,7H2,1-3H3;1H/t5-;/m1./s1. The van der Waals surface area contributed by atoms with Crippen molar-refractivity contribution in [3.8, 4) is 0 Å². The summed E-state index contributed by atoms with van der Waals surface area (Å²) in [5.41, 5.74) is 5.15. The largest absolute Gasteiger partial charge is 0.391 e. The molecule has 0 heterocycles. The van der Waals surface area contributed by atoms with Gasteiger partial charge in [-0.05, 0) is 5.41 Å². The number of halogens is 1. The Morgan fingerprint density at radius 2 is 1.78 bits per heavy atom. The van der Waals surface area contributed by atoms with Crippen molar-refractivity contribution < 1.29 is 5.11 Å². The minimum atomic E-state index is -0.373. The molecule has 0 aliphatic carbocycles. The SMILES string of the molecule is CC(C)(C)[C@H](O)CN.Cl. The van der Waals surface area contributed by atoms with Gasteiger partial charge >= 0.3 is 0 Å². The summed E-state index contributed by atoms with van der Waals surface area (Å²) in [5.74, 6) is 0. The lowest BCUT2D eigenvalue weighted by Gasteiger charge is -2.23. The van der Waals surface area contributed by atoms with Gasteiger partial charge in [0.25, 0.3) is 0 Å². The van der Waals surface area contributed by atoms with E-state index in [1.165, 1.54) is 0 Å². The normalized spacial score (nSPS) is 14.3. The first-order chi connectivity index (χ1) is 3.48. The Morgan fingerprint density at radius 1 is 1.44 bits per heavy atom. The Bertz CT molecular complexity index is 69.9. The molecule has 0 saturated heterocycles. The molecular weight excluding hydrogens is 138 g/mol. The van der Waals surface area contributed by atoms with Crippen LogP contribution in [0.15, 0.2) is 0 Å². The molecule has 9 heavy (non-hydrogen) atoms. The Labute approximate surface area is 62.9 Å². The summed E-state index contributed by atoms with van der Waals surface area (Å²) in [5, 5.41) is 9.07. The van der Waals surface area contributed by atoms with Crippen LogP contribution in [0.4, 0.5) is 0 Å². The molecule has 3 heteroatoms. The van der Waals surface area contributed by atoms with Gasteiger partial charge in [-0.25, -0.2) is 0 Å². The van der Waals surface area contributed by atoms with Crippen LogP contribution in [0.3, 0.4) is 0 Å². The first kappa shape index (κ1) is 11.9. The molecule has 0 rings (SSSR count). The lowest BCUT2D eigenvalue weighted by Crippen LogP contribution is -2.33. The molecule has 0 aromatic heterocycles. The minimum absolute atomic E-state index is 0. The van der Waals surface area contributed by atoms with Crippen molar-refractivity contribution in [1.82, 2.24) is 0 Å². The van der Waals surface area contributed by atoms with E-state index in [-0.39, 0.29) is 23.9 Å². The number of rotatable bonds is 1. The smallest absolute Gasteiger partial charge is 0.0710 e. The number of aliphatic hydroxyl groups excluding tert-OH is 1. The highest BCUT2D eigenvalue weighted by molar-refractivity contribution is 5.85. The fourth-order valence-corrected chi connectivity index (χ4v) is 0.354. The predicted octanol–water partition coefficient (Wildman–Crippen LogP) is 0.774. The highest BCUT2D eigenvalue weighted by atomic mass is 35.5. The molecule has 2 nitrogen and oxygen atoms in total. The maximum Gasteiger partial charge on any atom is 0.0710 e. The highest BCUT2D eigenvalue weighted by Gasteiger charge is 2.19. The van der Waals surface area contributed by atoms with E-state index < -0.39 is 0 Å². The average Bonchev–Trinajstić information content (AvgIpc) is 1.62. The van der Waals surface area contributed by atoms with Crippen LogP contribution in [-0.2, 0) is 0 Å². The van der Waals surface area contributed by atoms with Gasteiger partial charge in [-0.1, -0.05) is 20.8 Å². The predicted molar refractivity (Wildman–Crippen MR) is 41.8 cm³/mol. The first-order valence-electron chi connectivity index (χ1n) is 2.86. The molecule has 0 bridgehead atoms. The van der Waals surface area contributed by atoms with Gasteiger partial charge < -0.3 is 10.8 Å². The Hall–Kier alpha value is 0.210. The van der Waals surface area contributed by atoms with Crippen molar-refractivity contribution in [3.63, 3.8) is 0 Å². The minimum Gasteiger partial charge on any atom is -0.391 e. The van der Waals surface area contributed by atoms with Crippen LogP contribution in [-0.4, -0.2) is 17.8 Å². The van der Waals surface area contributed by atoms with E-state index in [9.17, 15) is 0 Å². The van der Waals surface area contributed by atoms with Gasteiger partial charge in [0, 0.05) is 6.54 Å². The zero-order chi connectivity index (χ0) is 6.78. The molecule has 58 valence electrons. The summed E-state index contributed by atoms with van der Waals surface area (Å²) in [7, 11) is 0.